The number of anilines is 2. The van der Waals surface area contributed by atoms with Crippen LogP contribution >= 0.6 is 0 Å². The summed E-state index contributed by atoms with van der Waals surface area (Å²) in [6.07, 6.45) is 7.60. The molecule has 2 aliphatic rings. The lowest BCUT2D eigenvalue weighted by Gasteiger charge is -2.23. The van der Waals surface area contributed by atoms with Gasteiger partial charge in [-0.05, 0) is 43.0 Å². The molecule has 0 aromatic carbocycles. The summed E-state index contributed by atoms with van der Waals surface area (Å²) in [4.78, 5) is 37.4. The molecule has 0 radical (unpaired) electrons. The third-order valence-corrected chi connectivity index (χ3v) is 5.83. The van der Waals surface area contributed by atoms with E-state index in [0.29, 0.717) is 47.1 Å². The molecule has 1 atom stereocenters. The van der Waals surface area contributed by atoms with Crippen molar-refractivity contribution < 1.29 is 19.1 Å². The van der Waals surface area contributed by atoms with Gasteiger partial charge in [0.05, 0.1) is 18.3 Å². The maximum Gasteiger partial charge on any atom is 0.262 e. The van der Waals surface area contributed by atoms with Crippen molar-refractivity contribution in [1.82, 2.24) is 20.3 Å². The minimum atomic E-state index is -0.183. The first kappa shape index (κ1) is 21.8. The molecule has 3 aromatic heterocycles. The van der Waals surface area contributed by atoms with Crippen LogP contribution in [0.5, 0.6) is 11.8 Å². The van der Waals surface area contributed by atoms with Gasteiger partial charge in [-0.2, -0.15) is 0 Å². The SMILES string of the molecule is COc1ccc2nccc(NC(=O)C3=CC[C@H](NCc4cnc5c(c4)NC(=O)CO5)CC3)c2n1. The van der Waals surface area contributed by atoms with Gasteiger partial charge in [0.1, 0.15) is 11.2 Å². The maximum absolute atomic E-state index is 12.9. The molecule has 3 N–H and O–H groups in total. The van der Waals surface area contributed by atoms with Crippen LogP contribution in [0.4, 0.5) is 11.4 Å². The van der Waals surface area contributed by atoms with E-state index in [-0.39, 0.29) is 24.5 Å². The van der Waals surface area contributed by atoms with Crippen molar-refractivity contribution in [2.45, 2.75) is 31.8 Å². The molecule has 10 heteroatoms. The molecule has 0 bridgehead atoms. The Morgan fingerprint density at radius 1 is 1.29 bits per heavy atom. The highest BCUT2D eigenvalue weighted by Gasteiger charge is 2.21. The number of amides is 2. The van der Waals surface area contributed by atoms with Crippen molar-refractivity contribution >= 4 is 34.2 Å². The van der Waals surface area contributed by atoms with Gasteiger partial charge in [-0.15, -0.1) is 0 Å². The summed E-state index contributed by atoms with van der Waals surface area (Å²) in [5, 5.41) is 9.24. The van der Waals surface area contributed by atoms with Crippen LogP contribution < -0.4 is 25.4 Å². The molecule has 0 unspecified atom stereocenters. The van der Waals surface area contributed by atoms with Crippen molar-refractivity contribution in [2.24, 2.45) is 0 Å². The molecule has 0 fully saturated rings. The second-order valence-electron chi connectivity index (χ2n) is 8.15. The number of hydrogen-bond acceptors (Lipinski definition) is 8. The zero-order chi connectivity index (χ0) is 23.5. The van der Waals surface area contributed by atoms with E-state index >= 15 is 0 Å². The Morgan fingerprint density at radius 2 is 2.21 bits per heavy atom. The second kappa shape index (κ2) is 9.44. The number of pyridine rings is 3. The third kappa shape index (κ3) is 4.67. The number of carbonyl (C=O) groups is 2. The van der Waals surface area contributed by atoms with Crippen LogP contribution in [0.15, 0.2) is 48.3 Å². The van der Waals surface area contributed by atoms with E-state index in [4.69, 9.17) is 9.47 Å². The van der Waals surface area contributed by atoms with E-state index in [1.165, 1.54) is 0 Å². The summed E-state index contributed by atoms with van der Waals surface area (Å²) in [7, 11) is 1.55. The van der Waals surface area contributed by atoms with Gasteiger partial charge in [0.15, 0.2) is 6.61 Å². The van der Waals surface area contributed by atoms with Crippen LogP contribution in [0.1, 0.15) is 24.8 Å². The Labute approximate surface area is 195 Å². The number of fused-ring (bicyclic) bond motifs is 2. The van der Waals surface area contributed by atoms with Gasteiger partial charge in [0, 0.05) is 36.6 Å². The highest BCUT2D eigenvalue weighted by Crippen LogP contribution is 2.27. The smallest absolute Gasteiger partial charge is 0.262 e. The fourth-order valence-electron chi connectivity index (χ4n) is 4.03. The zero-order valence-corrected chi connectivity index (χ0v) is 18.6. The summed E-state index contributed by atoms with van der Waals surface area (Å²) in [5.74, 6) is 0.587. The van der Waals surface area contributed by atoms with E-state index in [1.807, 2.05) is 18.2 Å². The largest absolute Gasteiger partial charge is 0.481 e. The summed E-state index contributed by atoms with van der Waals surface area (Å²) in [6.45, 7) is 0.594. The monoisotopic (exact) mass is 460 g/mol. The number of nitrogens with zero attached hydrogens (tertiary/aromatic N) is 3. The van der Waals surface area contributed by atoms with Gasteiger partial charge in [0.2, 0.25) is 11.8 Å². The molecule has 2 amide bonds. The molecule has 0 spiro atoms. The lowest BCUT2D eigenvalue weighted by Crippen LogP contribution is -2.32. The summed E-state index contributed by atoms with van der Waals surface area (Å²) >= 11 is 0. The Hall–Kier alpha value is -4.05. The molecule has 174 valence electrons. The summed E-state index contributed by atoms with van der Waals surface area (Å²) < 4.78 is 10.5. The summed E-state index contributed by atoms with van der Waals surface area (Å²) in [6, 6.07) is 7.39. The van der Waals surface area contributed by atoms with Crippen LogP contribution in [0.2, 0.25) is 0 Å². The van der Waals surface area contributed by atoms with E-state index in [0.717, 1.165) is 24.0 Å². The Morgan fingerprint density at radius 3 is 3.03 bits per heavy atom. The van der Waals surface area contributed by atoms with Crippen molar-refractivity contribution in [2.75, 3.05) is 24.4 Å². The van der Waals surface area contributed by atoms with Crippen LogP contribution in [-0.4, -0.2) is 46.5 Å². The predicted molar refractivity (Wildman–Crippen MR) is 126 cm³/mol. The normalized spacial score (nSPS) is 17.3. The van der Waals surface area contributed by atoms with E-state index < -0.39 is 0 Å². The van der Waals surface area contributed by atoms with Gasteiger partial charge in [0.25, 0.3) is 11.8 Å². The van der Waals surface area contributed by atoms with Crippen LogP contribution in [0, 0.1) is 0 Å². The quantitative estimate of drug-likeness (QED) is 0.512. The van der Waals surface area contributed by atoms with Gasteiger partial charge in [-0.25, -0.2) is 9.97 Å². The first-order valence-electron chi connectivity index (χ1n) is 11.0. The molecule has 10 nitrogen and oxygen atoms in total. The van der Waals surface area contributed by atoms with Gasteiger partial charge in [-0.1, -0.05) is 6.08 Å². The van der Waals surface area contributed by atoms with Crippen LogP contribution in [0.25, 0.3) is 11.0 Å². The molecule has 1 aliphatic carbocycles. The number of rotatable bonds is 6. The first-order chi connectivity index (χ1) is 16.6. The molecule has 1 aliphatic heterocycles. The van der Waals surface area contributed by atoms with Gasteiger partial charge in [-0.3, -0.25) is 14.6 Å². The second-order valence-corrected chi connectivity index (χ2v) is 8.15. The molecule has 5 rings (SSSR count). The highest BCUT2D eigenvalue weighted by molar-refractivity contribution is 6.07. The molecule has 0 saturated heterocycles. The van der Waals surface area contributed by atoms with Gasteiger partial charge < -0.3 is 25.4 Å². The number of nitrogens with one attached hydrogen (secondary N) is 3. The van der Waals surface area contributed by atoms with Crippen LogP contribution in [-0.2, 0) is 16.1 Å². The highest BCUT2D eigenvalue weighted by atomic mass is 16.5. The number of methoxy groups -OCH3 is 1. The van der Waals surface area contributed by atoms with Crippen molar-refractivity contribution in [1.29, 1.82) is 0 Å². The molecule has 0 saturated carbocycles. The molecule has 4 heterocycles. The van der Waals surface area contributed by atoms with Crippen molar-refractivity contribution in [3.8, 4) is 11.8 Å². The zero-order valence-electron chi connectivity index (χ0n) is 18.6. The molecular weight excluding hydrogens is 436 g/mol. The fraction of sp³-hybridized carbons (Fsp3) is 0.292. The van der Waals surface area contributed by atoms with E-state index in [2.05, 4.69) is 30.9 Å². The average Bonchev–Trinajstić information content (AvgIpc) is 2.87. The van der Waals surface area contributed by atoms with E-state index in [1.54, 1.807) is 31.6 Å². The number of hydrogen-bond donors (Lipinski definition) is 3. The number of ether oxygens (including phenoxy) is 2. The minimum Gasteiger partial charge on any atom is -0.481 e. The number of aromatic nitrogens is 3. The Bertz CT molecular complexity index is 1290. The number of carbonyl (C=O) groups excluding carboxylic acids is 2. The van der Waals surface area contributed by atoms with Crippen molar-refractivity contribution in [3.05, 3.63) is 53.9 Å². The topological polar surface area (TPSA) is 127 Å². The van der Waals surface area contributed by atoms with Gasteiger partial charge >= 0.3 is 0 Å². The molecule has 34 heavy (non-hydrogen) atoms. The lowest BCUT2D eigenvalue weighted by atomic mass is 9.94. The Balaban J connectivity index is 1.19. The fourth-order valence-corrected chi connectivity index (χ4v) is 4.03. The standard InChI is InChI=1S/C24H24N6O4/c1-33-21-7-6-17-22(30-21)18(8-9-25-17)29-23(32)15-2-4-16(5-3-15)26-11-14-10-19-24(27-12-14)34-13-20(31)28-19/h2,6-10,12,16,26H,3-5,11,13H2,1H3,(H,28,31)(H,25,29,32)/t16-/m0/s1. The maximum atomic E-state index is 12.9. The lowest BCUT2D eigenvalue weighted by molar-refractivity contribution is -0.118. The first-order valence-corrected chi connectivity index (χ1v) is 11.0. The molecule has 3 aromatic rings. The summed E-state index contributed by atoms with van der Waals surface area (Å²) in [5.41, 5.74) is 4.17. The van der Waals surface area contributed by atoms with Crippen molar-refractivity contribution in [3.63, 3.8) is 0 Å². The molecular formula is C24H24N6O4. The van der Waals surface area contributed by atoms with E-state index in [9.17, 15) is 9.59 Å². The Kier molecular flexibility index (Phi) is 6.05. The third-order valence-electron chi connectivity index (χ3n) is 5.83. The van der Waals surface area contributed by atoms with Crippen LogP contribution in [0.3, 0.4) is 0 Å². The predicted octanol–water partition coefficient (Wildman–Crippen LogP) is 2.57. The minimum absolute atomic E-state index is 0.00991. The average molecular weight is 460 g/mol.